The second kappa shape index (κ2) is 10.1. The summed E-state index contributed by atoms with van der Waals surface area (Å²) in [6.45, 7) is 0. The van der Waals surface area contributed by atoms with Crippen LogP contribution in [0.15, 0.2) is 36.5 Å². The van der Waals surface area contributed by atoms with Crippen molar-refractivity contribution < 1.29 is 30.8 Å². The standard InChI is InChI=1S/C20H16F4IN5O3S/c1-27-34(32,33)30-20-16(23)9(4-5-28-20)6-10-7-12(19(26)31)18(17(24)15(10)22)29-14-3-2-11(25)8-13(14)21/h2-5,7-8,27,29H,6H2,1H3,(H2,26,31)(H,28,30). The molecule has 34 heavy (non-hydrogen) atoms. The van der Waals surface area contributed by atoms with Crippen molar-refractivity contribution in [3.63, 3.8) is 0 Å². The zero-order valence-corrected chi connectivity index (χ0v) is 20.2. The fraction of sp³-hybridized carbons (Fsp3) is 0.100. The Morgan fingerprint density at radius 3 is 2.38 bits per heavy atom. The summed E-state index contributed by atoms with van der Waals surface area (Å²) in [6.07, 6.45) is 0.481. The zero-order valence-electron chi connectivity index (χ0n) is 17.2. The van der Waals surface area contributed by atoms with Crippen molar-refractivity contribution in [1.29, 1.82) is 0 Å². The maximum atomic E-state index is 15.0. The molecule has 2 aromatic carbocycles. The number of aromatic nitrogens is 1. The van der Waals surface area contributed by atoms with Crippen LogP contribution in [0.5, 0.6) is 0 Å². The Morgan fingerprint density at radius 2 is 1.76 bits per heavy atom. The molecule has 0 aliphatic heterocycles. The number of halogens is 5. The molecule has 0 radical (unpaired) electrons. The summed E-state index contributed by atoms with van der Waals surface area (Å²) in [5.41, 5.74) is 3.20. The minimum atomic E-state index is -4.10. The van der Waals surface area contributed by atoms with Gasteiger partial charge in [0.05, 0.1) is 16.9 Å². The number of amides is 1. The predicted molar refractivity (Wildman–Crippen MR) is 126 cm³/mol. The molecule has 0 spiro atoms. The van der Waals surface area contributed by atoms with Gasteiger partial charge in [0.1, 0.15) is 5.82 Å². The largest absolute Gasteiger partial charge is 0.366 e. The number of nitrogens with one attached hydrogen (secondary N) is 3. The van der Waals surface area contributed by atoms with E-state index in [4.69, 9.17) is 5.73 Å². The number of benzene rings is 2. The lowest BCUT2D eigenvalue weighted by Crippen LogP contribution is -2.27. The lowest BCUT2D eigenvalue weighted by molar-refractivity contribution is 0.100. The van der Waals surface area contributed by atoms with Crippen LogP contribution in [0.2, 0.25) is 0 Å². The molecule has 0 saturated heterocycles. The fourth-order valence-electron chi connectivity index (χ4n) is 2.92. The van der Waals surface area contributed by atoms with Crippen molar-refractivity contribution >= 4 is 55.9 Å². The molecule has 0 fully saturated rings. The number of hydrogen-bond donors (Lipinski definition) is 4. The Hall–Kier alpha value is -2.98. The highest BCUT2D eigenvalue weighted by Gasteiger charge is 2.24. The summed E-state index contributed by atoms with van der Waals surface area (Å²) in [7, 11) is -3.01. The van der Waals surface area contributed by atoms with Crippen molar-refractivity contribution in [2.45, 2.75) is 6.42 Å². The average Bonchev–Trinajstić information content (AvgIpc) is 2.77. The molecule has 3 aromatic rings. The van der Waals surface area contributed by atoms with Gasteiger partial charge in [-0.2, -0.15) is 8.42 Å². The van der Waals surface area contributed by atoms with Crippen LogP contribution in [-0.4, -0.2) is 26.4 Å². The number of nitrogens with zero attached hydrogens (tertiary/aromatic N) is 1. The van der Waals surface area contributed by atoms with Gasteiger partial charge in [0.2, 0.25) is 0 Å². The van der Waals surface area contributed by atoms with Gasteiger partial charge in [-0.15, -0.1) is 0 Å². The van der Waals surface area contributed by atoms with Gasteiger partial charge >= 0.3 is 0 Å². The third kappa shape index (κ3) is 5.56. The molecular weight excluding hydrogens is 593 g/mol. The van der Waals surface area contributed by atoms with Gasteiger partial charge in [0.25, 0.3) is 16.1 Å². The second-order valence-corrected chi connectivity index (χ2v) is 9.68. The van der Waals surface area contributed by atoms with E-state index in [2.05, 4.69) is 10.3 Å². The van der Waals surface area contributed by atoms with E-state index in [0.717, 1.165) is 31.4 Å². The molecule has 5 N–H and O–H groups in total. The first-order chi connectivity index (χ1) is 15.9. The van der Waals surface area contributed by atoms with Crippen molar-refractivity contribution in [2.24, 2.45) is 5.73 Å². The van der Waals surface area contributed by atoms with Crippen LogP contribution in [0.4, 0.5) is 34.8 Å². The van der Waals surface area contributed by atoms with Crippen molar-refractivity contribution in [1.82, 2.24) is 9.71 Å². The number of carbonyl (C=O) groups excluding carboxylic acids is 1. The van der Waals surface area contributed by atoms with Crippen molar-refractivity contribution in [2.75, 3.05) is 17.1 Å². The summed E-state index contributed by atoms with van der Waals surface area (Å²) in [5.74, 6) is -6.70. The number of hydrogen-bond acceptors (Lipinski definition) is 5. The molecule has 3 rings (SSSR count). The quantitative estimate of drug-likeness (QED) is 0.230. The molecular formula is C20H16F4IN5O3S. The Kier molecular flexibility index (Phi) is 7.62. The normalized spacial score (nSPS) is 11.4. The molecule has 0 aliphatic rings. The lowest BCUT2D eigenvalue weighted by Gasteiger charge is -2.16. The SMILES string of the molecule is CNS(=O)(=O)Nc1nccc(Cc2cc(C(N)=O)c(Nc3ccc(I)cc3F)c(F)c2F)c1F. The lowest BCUT2D eigenvalue weighted by atomic mass is 10.00. The zero-order chi connectivity index (χ0) is 25.2. The summed E-state index contributed by atoms with van der Waals surface area (Å²) in [6, 6.07) is 5.95. The Bertz CT molecular complexity index is 1390. The number of nitrogens with two attached hydrogens (primary N) is 1. The van der Waals surface area contributed by atoms with Gasteiger partial charge < -0.3 is 11.1 Å². The van der Waals surface area contributed by atoms with E-state index in [9.17, 15) is 30.8 Å². The van der Waals surface area contributed by atoms with Gasteiger partial charge in [-0.3, -0.25) is 9.52 Å². The van der Waals surface area contributed by atoms with Crippen LogP contribution in [0, 0.1) is 26.8 Å². The molecule has 0 aliphatic carbocycles. The Labute approximate surface area is 205 Å². The molecule has 1 aromatic heterocycles. The van der Waals surface area contributed by atoms with E-state index >= 15 is 0 Å². The van der Waals surface area contributed by atoms with Gasteiger partial charge in [0.15, 0.2) is 23.3 Å². The monoisotopic (exact) mass is 609 g/mol. The highest BCUT2D eigenvalue weighted by atomic mass is 127. The number of pyridine rings is 1. The smallest absolute Gasteiger partial charge is 0.300 e. The third-order valence-corrected chi connectivity index (χ3v) is 6.26. The fourth-order valence-corrected chi connectivity index (χ4v) is 3.88. The molecule has 0 atom stereocenters. The average molecular weight is 609 g/mol. The molecule has 0 unspecified atom stereocenters. The summed E-state index contributed by atoms with van der Waals surface area (Å²) >= 11 is 1.86. The van der Waals surface area contributed by atoms with E-state index < -0.39 is 68.4 Å². The summed E-state index contributed by atoms with van der Waals surface area (Å²) < 4.78 is 86.4. The van der Waals surface area contributed by atoms with Crippen LogP contribution < -0.4 is 20.5 Å². The molecule has 180 valence electrons. The number of primary amides is 1. The van der Waals surface area contributed by atoms with Crippen LogP contribution >= 0.6 is 22.6 Å². The maximum absolute atomic E-state index is 15.0. The maximum Gasteiger partial charge on any atom is 0.300 e. The first-order valence-electron chi connectivity index (χ1n) is 9.31. The third-order valence-electron chi connectivity index (χ3n) is 4.59. The first-order valence-corrected chi connectivity index (χ1v) is 11.9. The van der Waals surface area contributed by atoms with Crippen molar-refractivity contribution in [3.05, 3.63) is 80.1 Å². The van der Waals surface area contributed by atoms with Crippen molar-refractivity contribution in [3.8, 4) is 0 Å². The van der Waals surface area contributed by atoms with E-state index in [1.165, 1.54) is 12.1 Å². The molecule has 8 nitrogen and oxygen atoms in total. The minimum Gasteiger partial charge on any atom is -0.366 e. The molecule has 0 bridgehead atoms. The van der Waals surface area contributed by atoms with Crippen LogP contribution in [0.25, 0.3) is 0 Å². The molecule has 0 saturated carbocycles. The van der Waals surface area contributed by atoms with Crippen LogP contribution in [-0.2, 0) is 16.6 Å². The Morgan fingerprint density at radius 1 is 1.06 bits per heavy atom. The number of anilines is 3. The van der Waals surface area contributed by atoms with E-state index in [1.54, 1.807) is 0 Å². The Balaban J connectivity index is 2.04. The van der Waals surface area contributed by atoms with Gasteiger partial charge in [-0.1, -0.05) is 0 Å². The van der Waals surface area contributed by atoms with E-state index in [0.29, 0.717) is 3.57 Å². The number of carbonyl (C=O) groups is 1. The molecule has 14 heteroatoms. The number of rotatable bonds is 8. The summed E-state index contributed by atoms with van der Waals surface area (Å²) in [4.78, 5) is 15.5. The topological polar surface area (TPSA) is 126 Å². The minimum absolute atomic E-state index is 0.226. The second-order valence-electron chi connectivity index (χ2n) is 6.82. The van der Waals surface area contributed by atoms with Gasteiger partial charge in [-0.05, 0) is 64.0 Å². The molecule has 1 heterocycles. The highest BCUT2D eigenvalue weighted by molar-refractivity contribution is 14.1. The molecule has 1 amide bonds. The predicted octanol–water partition coefficient (Wildman–Crippen LogP) is 3.55. The van der Waals surface area contributed by atoms with Crippen LogP contribution in [0.3, 0.4) is 0 Å². The highest BCUT2D eigenvalue weighted by Crippen LogP contribution is 2.32. The first kappa shape index (κ1) is 25.6. The summed E-state index contributed by atoms with van der Waals surface area (Å²) in [5, 5.41) is 2.34. The van der Waals surface area contributed by atoms with E-state index in [-0.39, 0.29) is 11.3 Å². The van der Waals surface area contributed by atoms with Gasteiger partial charge in [0, 0.05) is 23.2 Å². The van der Waals surface area contributed by atoms with Crippen LogP contribution in [0.1, 0.15) is 21.5 Å². The van der Waals surface area contributed by atoms with E-state index in [1.807, 2.05) is 32.0 Å². The van der Waals surface area contributed by atoms with Gasteiger partial charge in [-0.25, -0.2) is 27.3 Å².